The summed E-state index contributed by atoms with van der Waals surface area (Å²) in [7, 11) is 0. The molecule has 0 aliphatic heterocycles. The van der Waals surface area contributed by atoms with Gasteiger partial charge in [-0.2, -0.15) is 10.2 Å². The average molecular weight is 321 g/mol. The molecule has 0 aromatic carbocycles. The van der Waals surface area contributed by atoms with E-state index < -0.39 is 0 Å². The third-order valence-corrected chi connectivity index (χ3v) is 6.50. The number of carbonyl (C=O) groups excluding carboxylic acids is 1. The molecule has 2 aliphatic carbocycles. The van der Waals surface area contributed by atoms with Crippen molar-refractivity contribution in [2.45, 2.75) is 58.3 Å². The first-order valence-electron chi connectivity index (χ1n) is 8.66. The van der Waals surface area contributed by atoms with E-state index in [2.05, 4.69) is 42.0 Å². The molecule has 0 saturated heterocycles. The van der Waals surface area contributed by atoms with Crippen molar-refractivity contribution in [2.24, 2.45) is 5.41 Å². The van der Waals surface area contributed by atoms with Gasteiger partial charge in [0.05, 0.1) is 11.4 Å². The number of hydrogen-bond acceptors (Lipinski definition) is 4. The molecule has 1 fully saturated rings. The lowest BCUT2D eigenvalue weighted by molar-refractivity contribution is -0.116. The number of hydrogen-bond donors (Lipinski definition) is 0. The highest BCUT2D eigenvalue weighted by atomic mass is 16.1. The molecule has 2 aromatic heterocycles. The van der Waals surface area contributed by atoms with E-state index in [0.717, 1.165) is 17.0 Å². The molecule has 0 N–H and O–H groups in total. The van der Waals surface area contributed by atoms with Crippen LogP contribution in [0.15, 0.2) is 24.4 Å². The molecule has 2 aromatic rings. The summed E-state index contributed by atoms with van der Waals surface area (Å²) in [6.07, 6.45) is 4.62. The van der Waals surface area contributed by atoms with Crippen molar-refractivity contribution in [3.05, 3.63) is 41.3 Å². The number of rotatable bonds is 3. The average Bonchev–Trinajstić information content (AvgIpc) is 2.86. The molecule has 1 saturated carbocycles. The number of aromatic nitrogens is 3. The van der Waals surface area contributed by atoms with Gasteiger partial charge in [0.15, 0.2) is 0 Å². The predicted octanol–water partition coefficient (Wildman–Crippen LogP) is 3.85. The SMILES string of the molecule is CC(=O)Cc1ccc(-c2cc3c(nn2)[C@@]2(C)CC[C@@H]3C2(C)C)cn1. The zero-order valence-corrected chi connectivity index (χ0v) is 14.8. The standard InChI is InChI=1S/C20H23N3O/c1-12(24)9-14-6-5-13(11-21-14)17-10-15-16-7-8-20(4,19(16,2)3)18(15)23-22-17/h5-6,10-11,16H,7-9H2,1-4H3/t16-,20+/m0/s1. The van der Waals surface area contributed by atoms with Crippen LogP contribution in [0.2, 0.25) is 0 Å². The zero-order chi connectivity index (χ0) is 17.1. The molecule has 4 heteroatoms. The van der Waals surface area contributed by atoms with Gasteiger partial charge in [-0.1, -0.05) is 20.8 Å². The molecule has 2 bridgehead atoms. The largest absolute Gasteiger partial charge is 0.300 e. The highest BCUT2D eigenvalue weighted by Crippen LogP contribution is 2.67. The predicted molar refractivity (Wildman–Crippen MR) is 92.8 cm³/mol. The second kappa shape index (κ2) is 4.95. The Morgan fingerprint density at radius 2 is 2.04 bits per heavy atom. The summed E-state index contributed by atoms with van der Waals surface area (Å²) in [5, 5.41) is 9.11. The number of ketones is 1. The molecule has 2 heterocycles. The zero-order valence-electron chi connectivity index (χ0n) is 14.8. The van der Waals surface area contributed by atoms with Gasteiger partial charge in [-0.25, -0.2) is 0 Å². The maximum atomic E-state index is 11.2. The Balaban J connectivity index is 1.71. The molecule has 0 spiro atoms. The van der Waals surface area contributed by atoms with Gasteiger partial charge in [0, 0.05) is 29.3 Å². The van der Waals surface area contributed by atoms with Gasteiger partial charge in [0.2, 0.25) is 0 Å². The first kappa shape index (κ1) is 15.4. The second-order valence-electron chi connectivity index (χ2n) is 8.10. The van der Waals surface area contributed by atoms with Crippen LogP contribution in [0.5, 0.6) is 0 Å². The Kier molecular flexibility index (Phi) is 3.18. The van der Waals surface area contributed by atoms with Crippen molar-refractivity contribution in [3.8, 4) is 11.3 Å². The number of pyridine rings is 1. The highest BCUT2D eigenvalue weighted by molar-refractivity contribution is 5.77. The number of carbonyl (C=O) groups is 1. The van der Waals surface area contributed by atoms with Gasteiger partial charge in [-0.15, -0.1) is 0 Å². The number of fused-ring (bicyclic) bond motifs is 5. The van der Waals surface area contributed by atoms with E-state index in [9.17, 15) is 4.79 Å². The fourth-order valence-electron chi connectivity index (χ4n) is 4.65. The van der Waals surface area contributed by atoms with Crippen LogP contribution in [0.3, 0.4) is 0 Å². The van der Waals surface area contributed by atoms with Gasteiger partial charge in [-0.05, 0) is 54.9 Å². The van der Waals surface area contributed by atoms with E-state index in [4.69, 9.17) is 0 Å². The lowest BCUT2D eigenvalue weighted by Crippen LogP contribution is -2.32. The Morgan fingerprint density at radius 3 is 2.71 bits per heavy atom. The maximum Gasteiger partial charge on any atom is 0.135 e. The molecule has 0 amide bonds. The van der Waals surface area contributed by atoms with Crippen molar-refractivity contribution in [1.82, 2.24) is 15.2 Å². The summed E-state index contributed by atoms with van der Waals surface area (Å²) in [5.41, 5.74) is 5.58. The Labute approximate surface area is 142 Å². The lowest BCUT2D eigenvalue weighted by atomic mass is 9.70. The van der Waals surface area contributed by atoms with E-state index in [1.807, 2.05) is 12.1 Å². The minimum absolute atomic E-state index is 0.124. The van der Waals surface area contributed by atoms with E-state index in [0.29, 0.717) is 12.3 Å². The quantitative estimate of drug-likeness (QED) is 0.862. The van der Waals surface area contributed by atoms with Crippen molar-refractivity contribution in [2.75, 3.05) is 0 Å². The summed E-state index contributed by atoms with van der Waals surface area (Å²) in [6.45, 7) is 8.65. The van der Waals surface area contributed by atoms with Crippen molar-refractivity contribution >= 4 is 5.78 Å². The molecular weight excluding hydrogens is 298 g/mol. The van der Waals surface area contributed by atoms with Crippen LogP contribution in [-0.4, -0.2) is 21.0 Å². The van der Waals surface area contributed by atoms with Gasteiger partial charge >= 0.3 is 0 Å². The Morgan fingerprint density at radius 1 is 1.25 bits per heavy atom. The molecule has 2 atom stereocenters. The monoisotopic (exact) mass is 321 g/mol. The van der Waals surface area contributed by atoms with Gasteiger partial charge < -0.3 is 0 Å². The topological polar surface area (TPSA) is 55.7 Å². The molecule has 2 aliphatic rings. The van der Waals surface area contributed by atoms with Crippen molar-refractivity contribution in [1.29, 1.82) is 0 Å². The normalized spacial score (nSPS) is 26.4. The first-order valence-corrected chi connectivity index (χ1v) is 8.66. The van der Waals surface area contributed by atoms with Crippen LogP contribution >= 0.6 is 0 Å². The third-order valence-electron chi connectivity index (χ3n) is 6.50. The van der Waals surface area contributed by atoms with E-state index in [1.165, 1.54) is 24.1 Å². The van der Waals surface area contributed by atoms with Crippen molar-refractivity contribution < 1.29 is 4.79 Å². The summed E-state index contributed by atoms with van der Waals surface area (Å²) < 4.78 is 0. The fourth-order valence-corrected chi connectivity index (χ4v) is 4.65. The first-order chi connectivity index (χ1) is 11.3. The van der Waals surface area contributed by atoms with E-state index in [1.54, 1.807) is 13.1 Å². The number of Topliss-reactive ketones (excluding diaryl/α,β-unsaturated/α-hetero) is 1. The lowest BCUT2D eigenvalue weighted by Gasteiger charge is -2.33. The molecule has 124 valence electrons. The molecule has 0 unspecified atom stereocenters. The molecule has 0 radical (unpaired) electrons. The summed E-state index contributed by atoms with van der Waals surface area (Å²) in [5.74, 6) is 0.691. The van der Waals surface area contributed by atoms with Crippen LogP contribution in [0.4, 0.5) is 0 Å². The summed E-state index contributed by atoms with van der Waals surface area (Å²) in [6, 6.07) is 6.10. The van der Waals surface area contributed by atoms with Crippen LogP contribution < -0.4 is 0 Å². The number of nitrogens with zero attached hydrogens (tertiary/aromatic N) is 3. The van der Waals surface area contributed by atoms with Crippen LogP contribution in [-0.2, 0) is 16.6 Å². The maximum absolute atomic E-state index is 11.2. The van der Waals surface area contributed by atoms with E-state index in [-0.39, 0.29) is 16.6 Å². The molecule has 4 nitrogen and oxygen atoms in total. The van der Waals surface area contributed by atoms with Gasteiger partial charge in [-0.3, -0.25) is 9.78 Å². The van der Waals surface area contributed by atoms with Gasteiger partial charge in [0.25, 0.3) is 0 Å². The summed E-state index contributed by atoms with van der Waals surface area (Å²) >= 11 is 0. The van der Waals surface area contributed by atoms with Crippen LogP contribution in [0.1, 0.15) is 63.4 Å². The molecule has 24 heavy (non-hydrogen) atoms. The highest BCUT2D eigenvalue weighted by Gasteiger charge is 2.60. The minimum Gasteiger partial charge on any atom is -0.300 e. The van der Waals surface area contributed by atoms with Gasteiger partial charge in [0.1, 0.15) is 5.78 Å². The Bertz CT molecular complexity index is 825. The fraction of sp³-hybridized carbons (Fsp3) is 0.500. The summed E-state index contributed by atoms with van der Waals surface area (Å²) in [4.78, 5) is 15.6. The molecular formula is C20H23N3O. The van der Waals surface area contributed by atoms with Crippen LogP contribution in [0, 0.1) is 5.41 Å². The smallest absolute Gasteiger partial charge is 0.135 e. The van der Waals surface area contributed by atoms with Crippen LogP contribution in [0.25, 0.3) is 11.3 Å². The van der Waals surface area contributed by atoms with E-state index >= 15 is 0 Å². The minimum atomic E-state index is 0.124. The molecule has 4 rings (SSSR count). The second-order valence-corrected chi connectivity index (χ2v) is 8.10. The van der Waals surface area contributed by atoms with Crippen molar-refractivity contribution in [3.63, 3.8) is 0 Å². The third kappa shape index (κ3) is 1.98. The Hall–Kier alpha value is -2.10.